The summed E-state index contributed by atoms with van der Waals surface area (Å²) < 4.78 is 12.2. The fourth-order valence-electron chi connectivity index (χ4n) is 3.50. The van der Waals surface area contributed by atoms with Crippen molar-refractivity contribution in [2.75, 3.05) is 6.61 Å². The molecule has 0 saturated carbocycles. The van der Waals surface area contributed by atoms with E-state index in [2.05, 4.69) is 0 Å². The number of hydrogen-bond acceptors (Lipinski definition) is 6. The van der Waals surface area contributed by atoms with Crippen molar-refractivity contribution in [3.05, 3.63) is 93.4 Å². The van der Waals surface area contributed by atoms with Crippen LogP contribution in [0.3, 0.4) is 0 Å². The highest BCUT2D eigenvalue weighted by Crippen LogP contribution is 2.26. The minimum atomic E-state index is -0.782. The Bertz CT molecular complexity index is 1200. The number of hydrogen-bond donors (Lipinski definition) is 1. The van der Waals surface area contributed by atoms with Gasteiger partial charge in [0.15, 0.2) is 5.78 Å². The summed E-state index contributed by atoms with van der Waals surface area (Å²) in [4.78, 5) is 38.5. The third-order valence-electron chi connectivity index (χ3n) is 5.31. The summed E-state index contributed by atoms with van der Waals surface area (Å²) in [7, 11) is 0. The lowest BCUT2D eigenvalue weighted by molar-refractivity contribution is 0.0523. The fraction of sp³-hybridized carbons (Fsp3) is 0.296. The monoisotopic (exact) mass is 463 g/mol. The Morgan fingerprint density at radius 1 is 0.971 bits per heavy atom. The van der Waals surface area contributed by atoms with Gasteiger partial charge in [-0.05, 0) is 43.2 Å². The van der Waals surface area contributed by atoms with Gasteiger partial charge in [-0.15, -0.1) is 0 Å². The van der Waals surface area contributed by atoms with E-state index in [-0.39, 0.29) is 29.0 Å². The molecule has 1 heterocycles. The quantitative estimate of drug-likeness (QED) is 0.251. The van der Waals surface area contributed by atoms with Crippen LogP contribution in [0.25, 0.3) is 0 Å². The predicted molar refractivity (Wildman–Crippen MR) is 128 cm³/mol. The number of aromatic hydroxyl groups is 1. The van der Waals surface area contributed by atoms with Crippen LogP contribution in [0.15, 0.2) is 65.6 Å². The molecule has 3 rings (SSSR count). The number of phenolic OH excluding ortho intramolecular Hbond substituents is 1. The summed E-state index contributed by atoms with van der Waals surface area (Å²) in [6.45, 7) is 4.46. The molecule has 0 saturated heterocycles. The zero-order chi connectivity index (χ0) is 24.5. The van der Waals surface area contributed by atoms with E-state index in [0.717, 1.165) is 24.8 Å². The molecule has 2 aromatic carbocycles. The topological polar surface area (TPSA) is 94.8 Å². The molecular formula is C27H29NO6. The second-order valence-corrected chi connectivity index (χ2v) is 7.85. The van der Waals surface area contributed by atoms with Crippen molar-refractivity contribution >= 4 is 11.8 Å². The third kappa shape index (κ3) is 6.13. The van der Waals surface area contributed by atoms with E-state index >= 15 is 0 Å². The van der Waals surface area contributed by atoms with Gasteiger partial charge in [0.2, 0.25) is 0 Å². The third-order valence-corrected chi connectivity index (χ3v) is 5.31. The summed E-state index contributed by atoms with van der Waals surface area (Å²) >= 11 is 0. The Balaban J connectivity index is 1.94. The highest BCUT2D eigenvalue weighted by Gasteiger charge is 2.21. The van der Waals surface area contributed by atoms with Gasteiger partial charge in [-0.2, -0.15) is 0 Å². The number of nitrogens with zero attached hydrogens (tertiary/aromatic N) is 1. The smallest absolute Gasteiger partial charge is 0.343 e. The van der Waals surface area contributed by atoms with Crippen molar-refractivity contribution in [2.45, 2.75) is 46.3 Å². The van der Waals surface area contributed by atoms with Gasteiger partial charge in [-0.25, -0.2) is 4.79 Å². The zero-order valence-corrected chi connectivity index (χ0v) is 19.5. The average molecular weight is 464 g/mol. The zero-order valence-electron chi connectivity index (χ0n) is 19.5. The van der Waals surface area contributed by atoms with Crippen molar-refractivity contribution in [1.82, 2.24) is 4.57 Å². The number of pyridine rings is 1. The molecule has 1 N–H and O–H groups in total. The summed E-state index contributed by atoms with van der Waals surface area (Å²) in [6.07, 6.45) is 4.02. The lowest BCUT2D eigenvalue weighted by Gasteiger charge is -2.13. The van der Waals surface area contributed by atoms with Crippen molar-refractivity contribution in [3.8, 4) is 11.5 Å². The molecule has 0 spiro atoms. The molecule has 0 aliphatic heterocycles. The van der Waals surface area contributed by atoms with Crippen LogP contribution in [0.1, 0.15) is 65.0 Å². The van der Waals surface area contributed by atoms with Crippen molar-refractivity contribution in [3.63, 3.8) is 0 Å². The van der Waals surface area contributed by atoms with Crippen molar-refractivity contribution < 1.29 is 24.2 Å². The number of rotatable bonds is 11. The molecule has 0 aliphatic rings. The van der Waals surface area contributed by atoms with Crippen LogP contribution in [-0.2, 0) is 17.9 Å². The summed E-state index contributed by atoms with van der Waals surface area (Å²) in [5.74, 6) is -1.13. The number of benzene rings is 2. The molecule has 0 radical (unpaired) electrons. The molecule has 0 atom stereocenters. The maximum Gasteiger partial charge on any atom is 0.343 e. The van der Waals surface area contributed by atoms with Gasteiger partial charge >= 0.3 is 5.97 Å². The second-order valence-electron chi connectivity index (χ2n) is 7.85. The molecule has 34 heavy (non-hydrogen) atoms. The minimum absolute atomic E-state index is 0.0131. The van der Waals surface area contributed by atoms with E-state index in [1.54, 1.807) is 13.0 Å². The predicted octanol–water partition coefficient (Wildman–Crippen LogP) is 4.73. The second kappa shape index (κ2) is 11.8. The van der Waals surface area contributed by atoms with E-state index in [0.29, 0.717) is 18.9 Å². The number of phenols is 1. The van der Waals surface area contributed by atoms with Crippen LogP contribution in [0, 0.1) is 0 Å². The Morgan fingerprint density at radius 3 is 2.44 bits per heavy atom. The maximum atomic E-state index is 13.3. The van der Waals surface area contributed by atoms with E-state index in [1.165, 1.54) is 29.0 Å². The molecule has 1 aromatic heterocycles. The van der Waals surface area contributed by atoms with Crippen LogP contribution >= 0.6 is 0 Å². The molecule has 3 aromatic rings. The van der Waals surface area contributed by atoms with Gasteiger partial charge in [-0.3, -0.25) is 9.59 Å². The summed E-state index contributed by atoms with van der Waals surface area (Å²) in [5.41, 5.74) is 0.367. The van der Waals surface area contributed by atoms with Crippen molar-refractivity contribution in [2.24, 2.45) is 0 Å². The average Bonchev–Trinajstić information content (AvgIpc) is 2.85. The number of aryl methyl sites for hydroxylation is 1. The number of ether oxygens (including phenoxy) is 2. The Kier molecular flexibility index (Phi) is 8.62. The van der Waals surface area contributed by atoms with Crippen LogP contribution < -0.4 is 10.3 Å². The van der Waals surface area contributed by atoms with Crippen LogP contribution in [-0.4, -0.2) is 28.0 Å². The number of aromatic nitrogens is 1. The van der Waals surface area contributed by atoms with E-state index in [4.69, 9.17) is 9.47 Å². The maximum absolute atomic E-state index is 13.3. The Morgan fingerprint density at radius 2 is 1.74 bits per heavy atom. The molecule has 0 unspecified atom stereocenters. The van der Waals surface area contributed by atoms with Gasteiger partial charge < -0.3 is 19.1 Å². The van der Waals surface area contributed by atoms with Gasteiger partial charge in [-0.1, -0.05) is 50.1 Å². The lowest BCUT2D eigenvalue weighted by atomic mass is 10.0. The first kappa shape index (κ1) is 24.8. The van der Waals surface area contributed by atoms with Gasteiger partial charge in [0, 0.05) is 18.3 Å². The Hall–Kier alpha value is -3.87. The molecular weight excluding hydrogens is 434 g/mol. The molecule has 178 valence electrons. The first-order valence-corrected chi connectivity index (χ1v) is 11.4. The van der Waals surface area contributed by atoms with Gasteiger partial charge in [0.25, 0.3) is 5.56 Å². The van der Waals surface area contributed by atoms with E-state index in [9.17, 15) is 19.5 Å². The molecule has 0 fully saturated rings. The van der Waals surface area contributed by atoms with Crippen molar-refractivity contribution in [1.29, 1.82) is 0 Å². The number of ketones is 1. The number of carbonyl (C=O) groups excluding carboxylic acids is 2. The Labute approximate surface area is 198 Å². The standard InChI is InChI=1S/C27H29NO6/c1-3-5-9-14-28-17-20(15-23(26(28)31)27(32)33-4-2)25(30)22-16-21(12-13-24(22)29)34-18-19-10-7-6-8-11-19/h6-8,10-13,15-17,29H,3-5,9,14,18H2,1-2H3. The fourth-order valence-corrected chi connectivity index (χ4v) is 3.50. The molecule has 7 nitrogen and oxygen atoms in total. The minimum Gasteiger partial charge on any atom is -0.507 e. The lowest BCUT2D eigenvalue weighted by Crippen LogP contribution is -2.28. The van der Waals surface area contributed by atoms with Crippen LogP contribution in [0.5, 0.6) is 11.5 Å². The highest BCUT2D eigenvalue weighted by molar-refractivity contribution is 6.11. The first-order valence-electron chi connectivity index (χ1n) is 11.4. The summed E-state index contributed by atoms with van der Waals surface area (Å²) in [5, 5.41) is 10.4. The number of carbonyl (C=O) groups is 2. The summed E-state index contributed by atoms with van der Waals surface area (Å²) in [6, 6.07) is 15.2. The largest absolute Gasteiger partial charge is 0.507 e. The van der Waals surface area contributed by atoms with Crippen LogP contribution in [0.4, 0.5) is 0 Å². The molecule has 7 heteroatoms. The first-order chi connectivity index (χ1) is 16.4. The normalized spacial score (nSPS) is 10.6. The number of esters is 1. The molecule has 0 bridgehead atoms. The van der Waals surface area contributed by atoms with Gasteiger partial charge in [0.05, 0.1) is 12.2 Å². The SMILES string of the molecule is CCCCCn1cc(C(=O)c2cc(OCc3ccccc3)ccc2O)cc(C(=O)OCC)c1=O. The highest BCUT2D eigenvalue weighted by atomic mass is 16.5. The number of unbranched alkanes of at least 4 members (excludes halogenated alkanes) is 2. The van der Waals surface area contributed by atoms with E-state index in [1.807, 2.05) is 37.3 Å². The molecule has 0 aliphatic carbocycles. The van der Waals surface area contributed by atoms with Gasteiger partial charge in [0.1, 0.15) is 23.7 Å². The van der Waals surface area contributed by atoms with E-state index < -0.39 is 17.3 Å². The molecule has 0 amide bonds. The van der Waals surface area contributed by atoms with Crippen LogP contribution in [0.2, 0.25) is 0 Å².